The standard InChI is InChI=1S/C23H25NO7/c25-21-19-8-4-5-9-20(19)22(26)24(21)10-11-28-12-13-29-14-15-30-16-17-31-23(27)18-6-2-1-3-7-18/h1-9H,10-17H2. The van der Waals surface area contributed by atoms with E-state index in [-0.39, 0.29) is 37.5 Å². The minimum Gasteiger partial charge on any atom is -0.460 e. The number of benzene rings is 2. The Bertz CT molecular complexity index is 850. The molecule has 8 nitrogen and oxygen atoms in total. The van der Waals surface area contributed by atoms with Crippen LogP contribution in [0.3, 0.4) is 0 Å². The first-order chi connectivity index (χ1) is 15.2. The van der Waals surface area contributed by atoms with Gasteiger partial charge in [-0.15, -0.1) is 0 Å². The van der Waals surface area contributed by atoms with E-state index in [9.17, 15) is 14.4 Å². The van der Waals surface area contributed by atoms with Crippen LogP contribution in [-0.2, 0) is 18.9 Å². The van der Waals surface area contributed by atoms with E-state index in [0.29, 0.717) is 49.7 Å². The van der Waals surface area contributed by atoms with E-state index in [1.807, 2.05) is 6.07 Å². The van der Waals surface area contributed by atoms with Crippen molar-refractivity contribution >= 4 is 17.8 Å². The van der Waals surface area contributed by atoms with E-state index in [2.05, 4.69) is 0 Å². The van der Waals surface area contributed by atoms with Gasteiger partial charge >= 0.3 is 5.97 Å². The monoisotopic (exact) mass is 427 g/mol. The smallest absolute Gasteiger partial charge is 0.338 e. The molecule has 31 heavy (non-hydrogen) atoms. The van der Waals surface area contributed by atoms with Crippen molar-refractivity contribution in [2.45, 2.75) is 0 Å². The molecule has 0 radical (unpaired) electrons. The molecule has 3 rings (SSSR count). The Balaban J connectivity index is 1.15. The Labute approximate surface area is 180 Å². The zero-order valence-corrected chi connectivity index (χ0v) is 17.2. The predicted octanol–water partition coefficient (Wildman–Crippen LogP) is 2.19. The van der Waals surface area contributed by atoms with E-state index >= 15 is 0 Å². The molecule has 0 atom stereocenters. The van der Waals surface area contributed by atoms with Crippen LogP contribution in [0.5, 0.6) is 0 Å². The minimum atomic E-state index is -0.376. The highest BCUT2D eigenvalue weighted by Crippen LogP contribution is 2.21. The maximum absolute atomic E-state index is 12.2. The fourth-order valence-electron chi connectivity index (χ4n) is 2.99. The molecule has 1 heterocycles. The van der Waals surface area contributed by atoms with Crippen molar-refractivity contribution in [1.29, 1.82) is 0 Å². The lowest BCUT2D eigenvalue weighted by molar-refractivity contribution is -0.000819. The molecule has 164 valence electrons. The second kappa shape index (κ2) is 11.9. The maximum atomic E-state index is 12.2. The predicted molar refractivity (Wildman–Crippen MR) is 111 cm³/mol. The Morgan fingerprint density at radius 1 is 0.645 bits per heavy atom. The van der Waals surface area contributed by atoms with Gasteiger partial charge < -0.3 is 18.9 Å². The van der Waals surface area contributed by atoms with Gasteiger partial charge in [-0.1, -0.05) is 30.3 Å². The van der Waals surface area contributed by atoms with Crippen molar-refractivity contribution in [1.82, 2.24) is 4.90 Å². The summed E-state index contributed by atoms with van der Waals surface area (Å²) in [5.74, 6) is -0.946. The Morgan fingerprint density at radius 3 is 1.71 bits per heavy atom. The van der Waals surface area contributed by atoms with Crippen LogP contribution < -0.4 is 0 Å². The molecule has 0 unspecified atom stereocenters. The summed E-state index contributed by atoms with van der Waals surface area (Å²) in [6, 6.07) is 15.6. The van der Waals surface area contributed by atoms with Gasteiger partial charge in [0.25, 0.3) is 11.8 Å². The van der Waals surface area contributed by atoms with Gasteiger partial charge in [0.1, 0.15) is 6.61 Å². The van der Waals surface area contributed by atoms with Gasteiger partial charge in [-0.2, -0.15) is 0 Å². The molecule has 2 amide bonds. The maximum Gasteiger partial charge on any atom is 0.338 e. The van der Waals surface area contributed by atoms with Crippen molar-refractivity contribution in [2.24, 2.45) is 0 Å². The number of carbonyl (C=O) groups excluding carboxylic acids is 3. The van der Waals surface area contributed by atoms with E-state index < -0.39 is 0 Å². The van der Waals surface area contributed by atoms with Gasteiger partial charge in [0, 0.05) is 0 Å². The molecule has 2 aromatic rings. The molecule has 8 heteroatoms. The Morgan fingerprint density at radius 2 is 1.13 bits per heavy atom. The molecule has 2 aromatic carbocycles. The van der Waals surface area contributed by atoms with Gasteiger partial charge in [-0.25, -0.2) is 4.79 Å². The topological polar surface area (TPSA) is 91.4 Å². The molecule has 0 aliphatic carbocycles. The summed E-state index contributed by atoms with van der Waals surface area (Å²) in [5, 5.41) is 0. The quantitative estimate of drug-likeness (QED) is 0.275. The summed E-state index contributed by atoms with van der Waals surface area (Å²) >= 11 is 0. The molecule has 1 aliphatic rings. The number of nitrogens with zero attached hydrogens (tertiary/aromatic N) is 1. The molecule has 0 spiro atoms. The number of imide groups is 1. The Kier molecular flexibility index (Phi) is 8.71. The summed E-state index contributed by atoms with van der Waals surface area (Å²) in [4.78, 5) is 37.4. The van der Waals surface area contributed by atoms with E-state index in [1.54, 1.807) is 48.5 Å². The highest BCUT2D eigenvalue weighted by molar-refractivity contribution is 6.21. The number of ether oxygens (including phenoxy) is 4. The van der Waals surface area contributed by atoms with Crippen LogP contribution in [0.2, 0.25) is 0 Å². The van der Waals surface area contributed by atoms with Crippen molar-refractivity contribution in [2.75, 3.05) is 52.8 Å². The summed E-state index contributed by atoms with van der Waals surface area (Å²) in [6.07, 6.45) is 0. The second-order valence-corrected chi connectivity index (χ2v) is 6.65. The lowest BCUT2D eigenvalue weighted by atomic mass is 10.1. The second-order valence-electron chi connectivity index (χ2n) is 6.65. The number of esters is 1. The molecule has 1 aliphatic heterocycles. The fourth-order valence-corrected chi connectivity index (χ4v) is 2.99. The van der Waals surface area contributed by atoms with Crippen LogP contribution in [-0.4, -0.2) is 75.5 Å². The van der Waals surface area contributed by atoms with Gasteiger partial charge in [-0.05, 0) is 24.3 Å². The summed E-state index contributed by atoms with van der Waals surface area (Å²) in [5.41, 5.74) is 1.38. The summed E-state index contributed by atoms with van der Waals surface area (Å²) in [7, 11) is 0. The number of rotatable bonds is 13. The molecular weight excluding hydrogens is 402 g/mol. The van der Waals surface area contributed by atoms with Gasteiger partial charge in [0.15, 0.2) is 0 Å². The average molecular weight is 427 g/mol. The number of hydrogen-bond acceptors (Lipinski definition) is 7. The third kappa shape index (κ3) is 6.45. The first kappa shape index (κ1) is 22.6. The van der Waals surface area contributed by atoms with Crippen LogP contribution in [0.1, 0.15) is 31.1 Å². The normalized spacial score (nSPS) is 12.8. The van der Waals surface area contributed by atoms with E-state index in [0.717, 1.165) is 0 Å². The third-order valence-corrected chi connectivity index (χ3v) is 4.55. The largest absolute Gasteiger partial charge is 0.460 e. The molecular formula is C23H25NO7. The van der Waals surface area contributed by atoms with Crippen LogP contribution in [0.15, 0.2) is 54.6 Å². The lowest BCUT2D eigenvalue weighted by Gasteiger charge is -2.13. The highest BCUT2D eigenvalue weighted by Gasteiger charge is 2.34. The molecule has 0 saturated heterocycles. The fraction of sp³-hybridized carbons (Fsp3) is 0.348. The SMILES string of the molecule is O=C(OCCOCCOCCOCCN1C(=O)c2ccccc2C1=O)c1ccccc1. The number of amides is 2. The lowest BCUT2D eigenvalue weighted by Crippen LogP contribution is -2.33. The molecule has 0 bridgehead atoms. The van der Waals surface area contributed by atoms with Crippen molar-refractivity contribution in [3.63, 3.8) is 0 Å². The van der Waals surface area contributed by atoms with Crippen LogP contribution in [0.4, 0.5) is 0 Å². The van der Waals surface area contributed by atoms with Crippen LogP contribution in [0, 0.1) is 0 Å². The third-order valence-electron chi connectivity index (χ3n) is 4.55. The molecule has 0 N–H and O–H groups in total. The van der Waals surface area contributed by atoms with Crippen molar-refractivity contribution < 1.29 is 33.3 Å². The zero-order chi connectivity index (χ0) is 21.9. The number of fused-ring (bicyclic) bond motifs is 1. The molecule has 0 aromatic heterocycles. The highest BCUT2D eigenvalue weighted by atomic mass is 16.6. The van der Waals surface area contributed by atoms with Crippen LogP contribution in [0.25, 0.3) is 0 Å². The van der Waals surface area contributed by atoms with Crippen LogP contribution >= 0.6 is 0 Å². The Hall–Kier alpha value is -3.07. The van der Waals surface area contributed by atoms with E-state index in [1.165, 1.54) is 4.90 Å². The first-order valence-corrected chi connectivity index (χ1v) is 10.1. The van der Waals surface area contributed by atoms with Crippen molar-refractivity contribution in [3.05, 3.63) is 71.3 Å². The number of carbonyl (C=O) groups is 3. The first-order valence-electron chi connectivity index (χ1n) is 10.1. The minimum absolute atomic E-state index is 0.175. The molecule has 0 fully saturated rings. The summed E-state index contributed by atoms with van der Waals surface area (Å²) < 4.78 is 21.3. The van der Waals surface area contributed by atoms with Crippen molar-refractivity contribution in [3.8, 4) is 0 Å². The van der Waals surface area contributed by atoms with Gasteiger partial charge in [0.05, 0.1) is 62.9 Å². The van der Waals surface area contributed by atoms with Gasteiger partial charge in [-0.3, -0.25) is 14.5 Å². The van der Waals surface area contributed by atoms with E-state index in [4.69, 9.17) is 18.9 Å². The summed E-state index contributed by atoms with van der Waals surface area (Å²) in [6.45, 7) is 2.39. The average Bonchev–Trinajstić information content (AvgIpc) is 3.05. The van der Waals surface area contributed by atoms with Gasteiger partial charge in [0.2, 0.25) is 0 Å². The molecule has 0 saturated carbocycles. The number of hydrogen-bond donors (Lipinski definition) is 0. The zero-order valence-electron chi connectivity index (χ0n) is 17.2.